The first-order valence-electron chi connectivity index (χ1n) is 9.28. The monoisotopic (exact) mass is 358 g/mol. The molecule has 6 heteroatoms. The standard InChI is InChI=1S/C20H27FN4O/c1-14-19(15(2)24-23-14)9-10-20(26)22-18-4-3-11-25(13-18)12-16-5-7-17(21)8-6-16/h5-8,18H,3-4,9-13H2,1-2H3,(H,22,26)(H,23,24). The topological polar surface area (TPSA) is 61.0 Å². The van der Waals surface area contributed by atoms with E-state index in [-0.39, 0.29) is 17.8 Å². The highest BCUT2D eigenvalue weighted by Gasteiger charge is 2.21. The van der Waals surface area contributed by atoms with Crippen LogP contribution in [0.15, 0.2) is 24.3 Å². The number of nitrogens with one attached hydrogen (secondary N) is 2. The fraction of sp³-hybridized carbons (Fsp3) is 0.500. The van der Waals surface area contributed by atoms with Crippen molar-refractivity contribution < 1.29 is 9.18 Å². The Bertz CT molecular complexity index is 721. The SMILES string of the molecule is Cc1n[nH]c(C)c1CCC(=O)NC1CCCN(Cc2ccc(F)cc2)C1. The second kappa shape index (κ2) is 8.45. The molecule has 0 radical (unpaired) electrons. The zero-order valence-corrected chi connectivity index (χ0v) is 15.5. The number of amides is 1. The van der Waals surface area contributed by atoms with Gasteiger partial charge in [-0.25, -0.2) is 4.39 Å². The quantitative estimate of drug-likeness (QED) is 0.835. The number of hydrogen-bond acceptors (Lipinski definition) is 3. The molecule has 1 aromatic carbocycles. The van der Waals surface area contributed by atoms with Crippen molar-refractivity contribution in [2.75, 3.05) is 13.1 Å². The van der Waals surface area contributed by atoms with Crippen molar-refractivity contribution in [1.29, 1.82) is 0 Å². The summed E-state index contributed by atoms with van der Waals surface area (Å²) < 4.78 is 13.0. The summed E-state index contributed by atoms with van der Waals surface area (Å²) in [6.07, 6.45) is 3.27. The molecule has 0 saturated carbocycles. The van der Waals surface area contributed by atoms with Crippen LogP contribution in [0.2, 0.25) is 0 Å². The molecule has 2 N–H and O–H groups in total. The van der Waals surface area contributed by atoms with Gasteiger partial charge in [0.1, 0.15) is 5.82 Å². The Balaban J connectivity index is 1.46. The molecule has 26 heavy (non-hydrogen) atoms. The Morgan fingerprint density at radius 3 is 2.81 bits per heavy atom. The number of likely N-dealkylation sites (tertiary alicyclic amines) is 1. The van der Waals surface area contributed by atoms with Crippen molar-refractivity contribution in [3.05, 3.63) is 52.6 Å². The van der Waals surface area contributed by atoms with Crippen LogP contribution in [-0.4, -0.2) is 40.1 Å². The number of hydrogen-bond donors (Lipinski definition) is 2. The molecule has 1 aliphatic rings. The normalized spacial score (nSPS) is 18.0. The third kappa shape index (κ3) is 4.91. The van der Waals surface area contributed by atoms with Gasteiger partial charge in [0.05, 0.1) is 5.69 Å². The van der Waals surface area contributed by atoms with Gasteiger partial charge in [0, 0.05) is 31.2 Å². The number of halogens is 1. The smallest absolute Gasteiger partial charge is 0.220 e. The molecule has 0 spiro atoms. The van der Waals surface area contributed by atoms with Crippen molar-refractivity contribution in [2.24, 2.45) is 0 Å². The van der Waals surface area contributed by atoms with Gasteiger partial charge in [0.25, 0.3) is 0 Å². The average Bonchev–Trinajstić information content (AvgIpc) is 2.94. The molecular weight excluding hydrogens is 331 g/mol. The van der Waals surface area contributed by atoms with Gasteiger partial charge in [-0.15, -0.1) is 0 Å². The van der Waals surface area contributed by atoms with Crippen LogP contribution in [0.1, 0.15) is 41.8 Å². The second-order valence-electron chi connectivity index (χ2n) is 7.18. The summed E-state index contributed by atoms with van der Waals surface area (Å²) in [5, 5.41) is 10.3. The molecular formula is C20H27FN4O. The highest BCUT2D eigenvalue weighted by molar-refractivity contribution is 5.76. The largest absolute Gasteiger partial charge is 0.352 e. The van der Waals surface area contributed by atoms with Gasteiger partial charge in [0.15, 0.2) is 0 Å². The lowest BCUT2D eigenvalue weighted by Crippen LogP contribution is -2.47. The molecule has 5 nitrogen and oxygen atoms in total. The lowest BCUT2D eigenvalue weighted by Gasteiger charge is -2.33. The fourth-order valence-corrected chi connectivity index (χ4v) is 3.65. The van der Waals surface area contributed by atoms with Crippen molar-refractivity contribution in [3.8, 4) is 0 Å². The predicted octanol–water partition coefficient (Wildman–Crippen LogP) is 2.88. The molecule has 1 fully saturated rings. The Morgan fingerprint density at radius 1 is 1.35 bits per heavy atom. The summed E-state index contributed by atoms with van der Waals surface area (Å²) in [5.41, 5.74) is 4.25. The van der Waals surface area contributed by atoms with Gasteiger partial charge in [-0.1, -0.05) is 12.1 Å². The molecule has 0 aliphatic carbocycles. The minimum atomic E-state index is -0.208. The summed E-state index contributed by atoms with van der Waals surface area (Å²) in [5.74, 6) is -0.112. The molecule has 1 unspecified atom stereocenters. The van der Waals surface area contributed by atoms with E-state index >= 15 is 0 Å². The molecule has 140 valence electrons. The number of rotatable bonds is 6. The van der Waals surface area contributed by atoms with Crippen LogP contribution in [0.4, 0.5) is 4.39 Å². The zero-order valence-electron chi connectivity index (χ0n) is 15.5. The molecule has 2 aromatic rings. The summed E-state index contributed by atoms with van der Waals surface area (Å²) in [7, 11) is 0. The maximum absolute atomic E-state index is 13.0. The van der Waals surface area contributed by atoms with Gasteiger partial charge in [-0.2, -0.15) is 5.10 Å². The average molecular weight is 358 g/mol. The molecule has 2 heterocycles. The van der Waals surface area contributed by atoms with E-state index in [1.807, 2.05) is 26.0 Å². The van der Waals surface area contributed by atoms with Crippen LogP contribution in [0.25, 0.3) is 0 Å². The Kier molecular flexibility index (Phi) is 6.04. The molecule has 3 rings (SSSR count). The number of benzene rings is 1. The molecule has 0 bridgehead atoms. The van der Waals surface area contributed by atoms with Crippen molar-refractivity contribution in [2.45, 2.75) is 52.1 Å². The van der Waals surface area contributed by atoms with E-state index in [1.54, 1.807) is 0 Å². The van der Waals surface area contributed by atoms with Crippen LogP contribution in [0.3, 0.4) is 0 Å². The first-order chi connectivity index (χ1) is 12.5. The van der Waals surface area contributed by atoms with Crippen LogP contribution in [-0.2, 0) is 17.8 Å². The minimum absolute atomic E-state index is 0.0960. The number of aromatic amines is 1. The summed E-state index contributed by atoms with van der Waals surface area (Å²) >= 11 is 0. The van der Waals surface area contributed by atoms with E-state index in [4.69, 9.17) is 0 Å². The summed E-state index contributed by atoms with van der Waals surface area (Å²) in [4.78, 5) is 14.7. The van der Waals surface area contributed by atoms with E-state index in [2.05, 4.69) is 20.4 Å². The van der Waals surface area contributed by atoms with E-state index in [9.17, 15) is 9.18 Å². The Hall–Kier alpha value is -2.21. The lowest BCUT2D eigenvalue weighted by molar-refractivity contribution is -0.122. The first kappa shape index (κ1) is 18.6. The Labute approximate surface area is 154 Å². The van der Waals surface area contributed by atoms with E-state index < -0.39 is 0 Å². The number of H-pyrrole nitrogens is 1. The molecule has 1 amide bonds. The number of carbonyl (C=O) groups excluding carboxylic acids is 1. The maximum Gasteiger partial charge on any atom is 0.220 e. The fourth-order valence-electron chi connectivity index (χ4n) is 3.65. The number of piperidine rings is 1. The van der Waals surface area contributed by atoms with Gasteiger partial charge in [-0.3, -0.25) is 14.8 Å². The maximum atomic E-state index is 13.0. The van der Waals surface area contributed by atoms with Crippen LogP contribution < -0.4 is 5.32 Å². The van der Waals surface area contributed by atoms with E-state index in [0.29, 0.717) is 12.8 Å². The van der Waals surface area contributed by atoms with Gasteiger partial charge in [-0.05, 0) is 62.9 Å². The highest BCUT2D eigenvalue weighted by Crippen LogP contribution is 2.15. The van der Waals surface area contributed by atoms with E-state index in [0.717, 1.165) is 55.0 Å². The summed E-state index contributed by atoms with van der Waals surface area (Å²) in [6.45, 7) is 6.59. The van der Waals surface area contributed by atoms with Crippen molar-refractivity contribution in [3.63, 3.8) is 0 Å². The zero-order chi connectivity index (χ0) is 18.5. The highest BCUT2D eigenvalue weighted by atomic mass is 19.1. The van der Waals surface area contributed by atoms with Gasteiger partial charge in [0.2, 0.25) is 5.91 Å². The predicted molar refractivity (Wildman–Crippen MR) is 99.2 cm³/mol. The third-order valence-corrected chi connectivity index (χ3v) is 5.07. The van der Waals surface area contributed by atoms with Crippen LogP contribution in [0.5, 0.6) is 0 Å². The van der Waals surface area contributed by atoms with Gasteiger partial charge < -0.3 is 5.32 Å². The van der Waals surface area contributed by atoms with Gasteiger partial charge >= 0.3 is 0 Å². The summed E-state index contributed by atoms with van der Waals surface area (Å²) in [6, 6.07) is 6.83. The van der Waals surface area contributed by atoms with Crippen LogP contribution in [0, 0.1) is 19.7 Å². The number of nitrogens with zero attached hydrogens (tertiary/aromatic N) is 2. The number of carbonyl (C=O) groups is 1. The number of aryl methyl sites for hydroxylation is 2. The Morgan fingerprint density at radius 2 is 2.12 bits per heavy atom. The molecule has 1 aliphatic heterocycles. The number of aromatic nitrogens is 2. The molecule has 1 saturated heterocycles. The third-order valence-electron chi connectivity index (χ3n) is 5.07. The molecule has 1 atom stereocenters. The van der Waals surface area contributed by atoms with E-state index in [1.165, 1.54) is 12.1 Å². The minimum Gasteiger partial charge on any atom is -0.352 e. The first-order valence-corrected chi connectivity index (χ1v) is 9.28. The molecule has 1 aromatic heterocycles. The van der Waals surface area contributed by atoms with Crippen molar-refractivity contribution in [1.82, 2.24) is 20.4 Å². The van der Waals surface area contributed by atoms with Crippen molar-refractivity contribution >= 4 is 5.91 Å². The van der Waals surface area contributed by atoms with Crippen LogP contribution >= 0.6 is 0 Å². The lowest BCUT2D eigenvalue weighted by atomic mass is 10.0. The second-order valence-corrected chi connectivity index (χ2v) is 7.18.